The lowest BCUT2D eigenvalue weighted by molar-refractivity contribution is -0.149. The van der Waals surface area contributed by atoms with Crippen LogP contribution in [0.2, 0.25) is 0 Å². The van der Waals surface area contributed by atoms with Crippen molar-refractivity contribution in [3.63, 3.8) is 0 Å². The van der Waals surface area contributed by atoms with E-state index in [0.29, 0.717) is 17.3 Å². The second kappa shape index (κ2) is 12.3. The van der Waals surface area contributed by atoms with Crippen molar-refractivity contribution in [1.29, 1.82) is 0 Å². The van der Waals surface area contributed by atoms with Crippen LogP contribution in [-0.4, -0.2) is 53.6 Å². The van der Waals surface area contributed by atoms with Crippen molar-refractivity contribution in [1.82, 2.24) is 15.3 Å². The molecule has 14 heteroatoms. The first-order valence-corrected chi connectivity index (χ1v) is 14.1. The molecule has 2 atom stereocenters. The van der Waals surface area contributed by atoms with E-state index in [1.807, 2.05) is 6.92 Å². The van der Waals surface area contributed by atoms with Gasteiger partial charge in [0.15, 0.2) is 6.61 Å². The van der Waals surface area contributed by atoms with Gasteiger partial charge in [-0.15, -0.1) is 0 Å². The fourth-order valence-electron chi connectivity index (χ4n) is 5.12. The lowest BCUT2D eigenvalue weighted by Gasteiger charge is -2.24. The van der Waals surface area contributed by atoms with Gasteiger partial charge in [-0.25, -0.2) is 9.37 Å². The van der Waals surface area contributed by atoms with Gasteiger partial charge in [0.05, 0.1) is 5.69 Å². The van der Waals surface area contributed by atoms with Crippen molar-refractivity contribution < 1.29 is 41.4 Å². The van der Waals surface area contributed by atoms with Gasteiger partial charge in [0.2, 0.25) is 5.91 Å². The average molecular weight is 640 g/mol. The van der Waals surface area contributed by atoms with Gasteiger partial charge >= 0.3 is 6.18 Å². The number of ether oxygens (including phenoxy) is 2. The lowest BCUT2D eigenvalue weighted by Crippen LogP contribution is -2.40. The van der Waals surface area contributed by atoms with Gasteiger partial charge in [0, 0.05) is 34.8 Å². The minimum Gasteiger partial charge on any atom is -0.489 e. The maximum atomic E-state index is 14.6. The highest BCUT2D eigenvalue weighted by atomic mass is 19.4. The number of benzene rings is 2. The van der Waals surface area contributed by atoms with Gasteiger partial charge in [-0.05, 0) is 67.4 Å². The van der Waals surface area contributed by atoms with Crippen molar-refractivity contribution in [3.05, 3.63) is 82.9 Å². The number of carbonyl (C=O) groups is 3. The number of carbonyl (C=O) groups excluding carboxylic acids is 3. The van der Waals surface area contributed by atoms with Crippen LogP contribution < -0.4 is 26.3 Å². The molecule has 3 amide bonds. The molecule has 0 saturated heterocycles. The lowest BCUT2D eigenvalue weighted by atomic mass is 9.82. The molecule has 46 heavy (non-hydrogen) atoms. The van der Waals surface area contributed by atoms with Crippen LogP contribution in [0.4, 0.5) is 17.6 Å². The van der Waals surface area contributed by atoms with Crippen LogP contribution >= 0.6 is 0 Å². The molecule has 4 aromatic rings. The van der Waals surface area contributed by atoms with Crippen molar-refractivity contribution in [2.45, 2.75) is 37.8 Å². The van der Waals surface area contributed by atoms with Crippen LogP contribution in [0.25, 0.3) is 22.2 Å². The number of aryl methyl sites for hydroxylation is 1. The molecule has 0 fully saturated rings. The number of nitrogens with one attached hydrogen (secondary N) is 1. The first kappa shape index (κ1) is 32.1. The van der Waals surface area contributed by atoms with Gasteiger partial charge < -0.3 is 26.3 Å². The molecule has 0 unspecified atom stereocenters. The Kier molecular flexibility index (Phi) is 8.56. The number of alkyl halides is 3. The average Bonchev–Trinajstić information content (AvgIpc) is 3.36. The summed E-state index contributed by atoms with van der Waals surface area (Å²) in [6.07, 6.45) is -2.68. The van der Waals surface area contributed by atoms with Crippen molar-refractivity contribution in [2.24, 2.45) is 11.5 Å². The molecule has 2 aromatic carbocycles. The van der Waals surface area contributed by atoms with E-state index in [-0.39, 0.29) is 40.5 Å². The third kappa shape index (κ3) is 6.28. The van der Waals surface area contributed by atoms with E-state index in [0.717, 1.165) is 23.8 Å². The molecule has 5 N–H and O–H groups in total. The van der Waals surface area contributed by atoms with Crippen LogP contribution in [0.1, 0.15) is 46.9 Å². The fraction of sp³-hybridized carbons (Fsp3) is 0.281. The van der Waals surface area contributed by atoms with Gasteiger partial charge in [-0.2, -0.15) is 13.2 Å². The Morgan fingerprint density at radius 1 is 1.11 bits per heavy atom. The first-order valence-electron chi connectivity index (χ1n) is 14.1. The molecule has 240 valence electrons. The third-order valence-corrected chi connectivity index (χ3v) is 7.82. The number of halogens is 4. The number of fused-ring (bicyclic) bond motifs is 2. The van der Waals surface area contributed by atoms with Crippen molar-refractivity contribution >= 4 is 28.6 Å². The molecule has 5 rings (SSSR count). The second-order valence-electron chi connectivity index (χ2n) is 11.1. The molecule has 1 aliphatic rings. The molecule has 3 heterocycles. The monoisotopic (exact) mass is 639 g/mol. The summed E-state index contributed by atoms with van der Waals surface area (Å²) in [5, 5.41) is 2.79. The van der Waals surface area contributed by atoms with E-state index in [9.17, 15) is 31.9 Å². The van der Waals surface area contributed by atoms with Gasteiger partial charge in [-0.3, -0.25) is 19.4 Å². The maximum absolute atomic E-state index is 14.6. The Morgan fingerprint density at radius 3 is 2.46 bits per heavy atom. The zero-order valence-electron chi connectivity index (χ0n) is 24.7. The molecule has 10 nitrogen and oxygen atoms in total. The predicted molar refractivity (Wildman–Crippen MR) is 159 cm³/mol. The Hall–Kier alpha value is -5.27. The number of nitrogens with two attached hydrogens (primary N) is 2. The normalized spacial score (nSPS) is 16.4. The van der Waals surface area contributed by atoms with E-state index >= 15 is 0 Å². The van der Waals surface area contributed by atoms with E-state index in [2.05, 4.69) is 15.3 Å². The summed E-state index contributed by atoms with van der Waals surface area (Å²) in [5.74, 6) is -5.27. The molecular weight excluding hydrogens is 610 g/mol. The number of rotatable bonds is 10. The summed E-state index contributed by atoms with van der Waals surface area (Å²) >= 11 is 0. The van der Waals surface area contributed by atoms with Gasteiger partial charge in [-0.1, -0.05) is 6.92 Å². The summed E-state index contributed by atoms with van der Waals surface area (Å²) < 4.78 is 68.8. The van der Waals surface area contributed by atoms with Crippen molar-refractivity contribution in [3.8, 4) is 22.8 Å². The number of nitrogens with zero attached hydrogens (tertiary/aromatic N) is 2. The number of hydrogen-bond acceptors (Lipinski definition) is 7. The standard InChI is InChI=1S/C32H29F4N5O5/c1-3-16-8-18-9-19(10-24(26(18)39-12-16)45-14-25(37)42)29(43)40-13-22(32(34,35)36)23-11-21-28(46-15-31(21,2)30(38)44)27(41-23)17-4-6-20(33)7-5-17/h4-12,22H,3,13-15H2,1-2H3,(H2,37,42)(H2,38,44)(H,40,43)/t22-,31+/m1/s1. The number of amides is 3. The summed E-state index contributed by atoms with van der Waals surface area (Å²) in [6.45, 7) is 1.66. The largest absolute Gasteiger partial charge is 0.489 e. The molecule has 0 saturated carbocycles. The number of pyridine rings is 2. The van der Waals surface area contributed by atoms with Crippen LogP contribution in [0, 0.1) is 5.82 Å². The Bertz CT molecular complexity index is 1850. The highest BCUT2D eigenvalue weighted by Crippen LogP contribution is 2.46. The molecule has 1 aliphatic heterocycles. The predicted octanol–water partition coefficient (Wildman–Crippen LogP) is 4.07. The Balaban J connectivity index is 1.53. The SMILES string of the molecule is CCc1cnc2c(OCC(N)=O)cc(C(=O)NC[C@H](c3cc4c(c(-c5ccc(F)cc5)n3)OC[C@]4(C)C(N)=O)C(F)(F)F)cc2c1. The van der Waals surface area contributed by atoms with E-state index in [4.69, 9.17) is 20.9 Å². The minimum absolute atomic E-state index is 0.0388. The van der Waals surface area contributed by atoms with Gasteiger partial charge in [0.25, 0.3) is 11.8 Å². The van der Waals surface area contributed by atoms with Crippen LogP contribution in [0.5, 0.6) is 11.5 Å². The topological polar surface area (TPSA) is 160 Å². The molecule has 0 aliphatic carbocycles. The summed E-state index contributed by atoms with van der Waals surface area (Å²) in [5.41, 5.74) is 10.3. The Labute approximate surface area is 260 Å². The van der Waals surface area contributed by atoms with Crippen LogP contribution in [-0.2, 0) is 21.4 Å². The quantitative estimate of drug-likeness (QED) is 0.221. The van der Waals surface area contributed by atoms with E-state index < -0.39 is 59.9 Å². The smallest absolute Gasteiger partial charge is 0.398 e. The first-order chi connectivity index (χ1) is 21.7. The highest BCUT2D eigenvalue weighted by Gasteiger charge is 2.47. The Morgan fingerprint density at radius 2 is 1.83 bits per heavy atom. The van der Waals surface area contributed by atoms with Gasteiger partial charge in [0.1, 0.15) is 46.5 Å². The van der Waals surface area contributed by atoms with Crippen molar-refractivity contribution in [2.75, 3.05) is 19.8 Å². The summed E-state index contributed by atoms with van der Waals surface area (Å²) in [7, 11) is 0. The number of aromatic nitrogens is 2. The molecule has 0 bridgehead atoms. The fourth-order valence-corrected chi connectivity index (χ4v) is 5.12. The number of primary amides is 2. The molecule has 0 radical (unpaired) electrons. The zero-order valence-corrected chi connectivity index (χ0v) is 24.7. The number of hydrogen-bond donors (Lipinski definition) is 3. The van der Waals surface area contributed by atoms with Crippen LogP contribution in [0.3, 0.4) is 0 Å². The summed E-state index contributed by atoms with van der Waals surface area (Å²) in [6, 6.07) is 10.4. The third-order valence-electron chi connectivity index (χ3n) is 7.82. The maximum Gasteiger partial charge on any atom is 0.398 e. The molecule has 2 aromatic heterocycles. The second-order valence-corrected chi connectivity index (χ2v) is 11.1. The van der Waals surface area contributed by atoms with E-state index in [1.165, 1.54) is 31.2 Å². The molecular formula is C32H29F4N5O5. The summed E-state index contributed by atoms with van der Waals surface area (Å²) in [4.78, 5) is 45.7. The highest BCUT2D eigenvalue weighted by molar-refractivity contribution is 6.00. The minimum atomic E-state index is -4.91. The zero-order chi connectivity index (χ0) is 33.4. The molecule has 0 spiro atoms. The van der Waals surface area contributed by atoms with E-state index in [1.54, 1.807) is 12.3 Å². The van der Waals surface area contributed by atoms with Crippen LogP contribution in [0.15, 0.2) is 54.7 Å².